The molecule has 0 fully saturated rings. The molecule has 9 heteroatoms. The Morgan fingerprint density at radius 3 is 1.42 bits per heavy atom. The number of hydrogen-bond acceptors (Lipinski definition) is 6. The molecular weight excluding hydrogens is 591 g/mol. The molecule has 266 valence electrons. The van der Waals surface area contributed by atoms with E-state index in [1.807, 2.05) is 0 Å². The maximum absolute atomic E-state index is 12.3. The van der Waals surface area contributed by atoms with Crippen LogP contribution in [0, 0.1) is 0 Å². The average molecular weight is 661 g/mol. The van der Waals surface area contributed by atoms with Crippen LogP contribution in [0.3, 0.4) is 0 Å². The summed E-state index contributed by atoms with van der Waals surface area (Å²) in [6, 6.07) is 0. The maximum Gasteiger partial charge on any atom is 0.469 e. The quantitative estimate of drug-likeness (QED) is 0.0303. The van der Waals surface area contributed by atoms with E-state index in [0.29, 0.717) is 6.42 Å². The van der Waals surface area contributed by atoms with Crippen LogP contribution in [0.25, 0.3) is 0 Å². The van der Waals surface area contributed by atoms with E-state index in [1.54, 1.807) is 0 Å². The number of unbranched alkanes of at least 4 members (excludes halogenated alkanes) is 22. The molecule has 0 aliphatic heterocycles. The third kappa shape index (κ3) is 35.5. The second-order valence-corrected chi connectivity index (χ2v) is 13.8. The zero-order valence-corrected chi connectivity index (χ0v) is 29.9. The fourth-order valence-corrected chi connectivity index (χ4v) is 5.60. The second-order valence-electron chi connectivity index (χ2n) is 12.6. The van der Waals surface area contributed by atoms with E-state index in [2.05, 4.69) is 30.5 Å². The summed E-state index contributed by atoms with van der Waals surface area (Å²) in [5.74, 6) is -0.889. The molecule has 0 heterocycles. The molecule has 0 aromatic rings. The summed E-state index contributed by atoms with van der Waals surface area (Å²) in [7, 11) is -4.74. The summed E-state index contributed by atoms with van der Waals surface area (Å²) >= 11 is 0. The van der Waals surface area contributed by atoms with Crippen LogP contribution in [0.2, 0.25) is 0 Å². The number of carbonyl (C=O) groups excluding carboxylic acids is 2. The summed E-state index contributed by atoms with van der Waals surface area (Å²) < 4.78 is 26.2. The standard InChI is InChI=1S/C36H69O8P/c1-3-5-7-9-11-13-15-16-17-18-19-21-22-24-26-28-30-35(37)42-32-34(33-43-45(39,40)41)44-36(38)31-29-27-25-23-20-14-12-10-8-6-4-2/h10,12,34H,3-9,11,13-33H2,1-2H3,(H2,39,40,41)/b12-10-/t34-/m1/s1. The van der Waals surface area contributed by atoms with E-state index in [-0.39, 0.29) is 19.4 Å². The average Bonchev–Trinajstić information content (AvgIpc) is 3.00. The van der Waals surface area contributed by atoms with Gasteiger partial charge in [0.05, 0.1) is 6.61 Å². The fraction of sp³-hybridized carbons (Fsp3) is 0.889. The Morgan fingerprint density at radius 2 is 0.956 bits per heavy atom. The number of allylic oxidation sites excluding steroid dienone is 2. The molecule has 0 saturated heterocycles. The van der Waals surface area contributed by atoms with Crippen LogP contribution in [0.5, 0.6) is 0 Å². The molecule has 0 amide bonds. The van der Waals surface area contributed by atoms with Gasteiger partial charge in [-0.3, -0.25) is 14.1 Å². The van der Waals surface area contributed by atoms with Gasteiger partial charge in [0.1, 0.15) is 6.61 Å². The minimum Gasteiger partial charge on any atom is -0.462 e. The van der Waals surface area contributed by atoms with Gasteiger partial charge in [0.25, 0.3) is 0 Å². The highest BCUT2D eigenvalue weighted by Gasteiger charge is 2.22. The van der Waals surface area contributed by atoms with Crippen molar-refractivity contribution in [1.29, 1.82) is 0 Å². The van der Waals surface area contributed by atoms with Crippen molar-refractivity contribution in [3.8, 4) is 0 Å². The SMILES string of the molecule is CCCC/C=C\CCCCCCCC(=O)O[C@H](COC(=O)CCCCCCCCCCCCCCCCCC)COP(=O)(O)O. The number of hydrogen-bond donors (Lipinski definition) is 2. The summed E-state index contributed by atoms with van der Waals surface area (Å²) in [4.78, 5) is 42.6. The second kappa shape index (κ2) is 32.7. The van der Waals surface area contributed by atoms with Crippen molar-refractivity contribution in [1.82, 2.24) is 0 Å². The lowest BCUT2D eigenvalue weighted by Gasteiger charge is -2.18. The van der Waals surface area contributed by atoms with E-state index in [1.165, 1.54) is 96.3 Å². The van der Waals surface area contributed by atoms with Crippen LogP contribution in [-0.2, 0) is 28.2 Å². The largest absolute Gasteiger partial charge is 0.469 e. The Bertz CT molecular complexity index is 751. The summed E-state index contributed by atoms with van der Waals surface area (Å²) in [5, 5.41) is 0. The van der Waals surface area contributed by atoms with Gasteiger partial charge in [-0.15, -0.1) is 0 Å². The monoisotopic (exact) mass is 660 g/mol. The minimum atomic E-state index is -4.74. The molecule has 0 bridgehead atoms. The molecule has 0 aromatic heterocycles. The van der Waals surface area contributed by atoms with Gasteiger partial charge in [0, 0.05) is 12.8 Å². The van der Waals surface area contributed by atoms with Crippen molar-refractivity contribution in [2.75, 3.05) is 13.2 Å². The van der Waals surface area contributed by atoms with Crippen LogP contribution in [-0.4, -0.2) is 41.0 Å². The van der Waals surface area contributed by atoms with Crippen molar-refractivity contribution in [3.05, 3.63) is 12.2 Å². The van der Waals surface area contributed by atoms with Crippen LogP contribution in [0.1, 0.15) is 187 Å². The van der Waals surface area contributed by atoms with E-state index in [4.69, 9.17) is 19.3 Å². The van der Waals surface area contributed by atoms with Crippen molar-refractivity contribution >= 4 is 19.8 Å². The molecule has 0 unspecified atom stereocenters. The third-order valence-corrected chi connectivity index (χ3v) is 8.52. The van der Waals surface area contributed by atoms with Gasteiger partial charge >= 0.3 is 19.8 Å². The highest BCUT2D eigenvalue weighted by atomic mass is 31.2. The lowest BCUT2D eigenvalue weighted by atomic mass is 10.0. The maximum atomic E-state index is 12.3. The van der Waals surface area contributed by atoms with Crippen LogP contribution in [0.15, 0.2) is 12.2 Å². The highest BCUT2D eigenvalue weighted by Crippen LogP contribution is 2.36. The van der Waals surface area contributed by atoms with E-state index >= 15 is 0 Å². The van der Waals surface area contributed by atoms with Crippen molar-refractivity contribution < 1.29 is 37.9 Å². The summed E-state index contributed by atoms with van der Waals surface area (Å²) in [5.41, 5.74) is 0. The summed E-state index contributed by atoms with van der Waals surface area (Å²) in [6.07, 6.45) is 33.6. The Balaban J connectivity index is 3.92. The van der Waals surface area contributed by atoms with Crippen molar-refractivity contribution in [2.24, 2.45) is 0 Å². The lowest BCUT2D eigenvalue weighted by molar-refractivity contribution is -0.161. The first-order valence-corrected chi connectivity index (χ1v) is 20.0. The normalized spacial score (nSPS) is 12.5. The van der Waals surface area contributed by atoms with Gasteiger partial charge < -0.3 is 19.3 Å². The smallest absolute Gasteiger partial charge is 0.462 e. The number of phosphoric ester groups is 1. The molecule has 0 aromatic carbocycles. The third-order valence-electron chi connectivity index (χ3n) is 8.03. The number of phosphoric acid groups is 1. The first-order chi connectivity index (χ1) is 21.8. The van der Waals surface area contributed by atoms with Crippen LogP contribution in [0.4, 0.5) is 0 Å². The van der Waals surface area contributed by atoms with Gasteiger partial charge in [-0.1, -0.05) is 154 Å². The van der Waals surface area contributed by atoms with Crippen LogP contribution >= 0.6 is 7.82 Å². The molecular formula is C36H69O8P. The molecule has 0 aliphatic carbocycles. The number of rotatable bonds is 34. The van der Waals surface area contributed by atoms with Gasteiger partial charge in [0.15, 0.2) is 6.10 Å². The lowest BCUT2D eigenvalue weighted by Crippen LogP contribution is -2.29. The Hall–Kier alpha value is -1.21. The molecule has 0 rings (SSSR count). The number of ether oxygens (including phenoxy) is 2. The van der Waals surface area contributed by atoms with Gasteiger partial charge in [0.2, 0.25) is 0 Å². The van der Waals surface area contributed by atoms with Crippen molar-refractivity contribution in [3.63, 3.8) is 0 Å². The number of esters is 2. The van der Waals surface area contributed by atoms with E-state index < -0.39 is 32.5 Å². The first-order valence-electron chi connectivity index (χ1n) is 18.5. The summed E-state index contributed by atoms with van der Waals surface area (Å²) in [6.45, 7) is 3.64. The first kappa shape index (κ1) is 43.8. The molecule has 2 N–H and O–H groups in total. The predicted molar refractivity (Wildman–Crippen MR) is 184 cm³/mol. The number of carbonyl (C=O) groups is 2. The van der Waals surface area contributed by atoms with Gasteiger partial charge in [-0.2, -0.15) is 0 Å². The van der Waals surface area contributed by atoms with E-state index in [0.717, 1.165) is 57.8 Å². The van der Waals surface area contributed by atoms with Crippen molar-refractivity contribution in [2.45, 2.75) is 193 Å². The molecule has 0 spiro atoms. The molecule has 45 heavy (non-hydrogen) atoms. The van der Waals surface area contributed by atoms with E-state index in [9.17, 15) is 14.2 Å². The zero-order chi connectivity index (χ0) is 33.3. The Labute approximate surface area is 276 Å². The molecule has 0 radical (unpaired) electrons. The zero-order valence-electron chi connectivity index (χ0n) is 29.0. The predicted octanol–water partition coefficient (Wildman–Crippen LogP) is 10.7. The van der Waals surface area contributed by atoms with Gasteiger partial charge in [-0.25, -0.2) is 4.57 Å². The topological polar surface area (TPSA) is 119 Å². The molecule has 8 nitrogen and oxygen atoms in total. The molecule has 1 atom stereocenters. The molecule has 0 saturated carbocycles. The Morgan fingerprint density at radius 1 is 0.556 bits per heavy atom. The fourth-order valence-electron chi connectivity index (χ4n) is 5.24. The van der Waals surface area contributed by atoms with Gasteiger partial charge in [-0.05, 0) is 32.1 Å². The van der Waals surface area contributed by atoms with Crippen LogP contribution < -0.4 is 0 Å². The highest BCUT2D eigenvalue weighted by molar-refractivity contribution is 7.46. The Kier molecular flexibility index (Phi) is 31.8. The molecule has 0 aliphatic rings. The minimum absolute atomic E-state index is 0.205.